The highest BCUT2D eigenvalue weighted by atomic mass is 15.2. The predicted octanol–water partition coefficient (Wildman–Crippen LogP) is 4.88. The van der Waals surface area contributed by atoms with Crippen LogP contribution in [0.1, 0.15) is 35.6 Å². The molecule has 1 aromatic heterocycles. The quantitative estimate of drug-likeness (QED) is 0.683. The Bertz CT molecular complexity index is 867. The average Bonchev–Trinajstić information content (AvgIpc) is 3.29. The van der Waals surface area contributed by atoms with Crippen LogP contribution in [0.5, 0.6) is 0 Å². The Kier molecular flexibility index (Phi) is 4.84. The number of H-pyrrole nitrogens is 1. The first-order valence-corrected chi connectivity index (χ1v) is 10.4. The number of aliphatic imine (C=N–C) groups is 1. The zero-order valence-corrected chi connectivity index (χ0v) is 16.2. The van der Waals surface area contributed by atoms with E-state index in [1.54, 1.807) is 0 Å². The molecule has 3 aliphatic rings. The van der Waals surface area contributed by atoms with Crippen molar-refractivity contribution in [2.45, 2.75) is 31.3 Å². The predicted molar refractivity (Wildman–Crippen MR) is 115 cm³/mol. The first kappa shape index (κ1) is 17.4. The molecular formula is C25H27N3. The summed E-state index contributed by atoms with van der Waals surface area (Å²) in [5, 5.41) is 0. The molecule has 0 amide bonds. The lowest BCUT2D eigenvalue weighted by atomic mass is 9.72. The van der Waals surface area contributed by atoms with Gasteiger partial charge in [0.25, 0.3) is 0 Å². The van der Waals surface area contributed by atoms with E-state index in [-0.39, 0.29) is 0 Å². The first-order chi connectivity index (χ1) is 13.9. The maximum absolute atomic E-state index is 5.21. The van der Waals surface area contributed by atoms with Gasteiger partial charge >= 0.3 is 0 Å². The Morgan fingerprint density at radius 1 is 0.857 bits per heavy atom. The summed E-state index contributed by atoms with van der Waals surface area (Å²) in [5.74, 6) is 0.952. The molecule has 6 rings (SSSR count). The maximum Gasteiger partial charge on any atom is 0.0789 e. The fraction of sp³-hybridized carbons (Fsp3) is 0.320. The lowest BCUT2D eigenvalue weighted by Crippen LogP contribution is -2.58. The highest BCUT2D eigenvalue weighted by Gasteiger charge is 2.43. The molecule has 28 heavy (non-hydrogen) atoms. The van der Waals surface area contributed by atoms with Gasteiger partial charge in [-0.2, -0.15) is 0 Å². The summed E-state index contributed by atoms with van der Waals surface area (Å²) >= 11 is 0. The summed E-state index contributed by atoms with van der Waals surface area (Å²) < 4.78 is 0. The third-order valence-electron chi connectivity index (χ3n) is 6.37. The van der Waals surface area contributed by atoms with E-state index in [1.807, 2.05) is 6.20 Å². The number of hydrogen-bond donors (Lipinski definition) is 1. The topological polar surface area (TPSA) is 31.4 Å². The molecule has 3 aromatic rings. The molecule has 0 saturated carbocycles. The van der Waals surface area contributed by atoms with Crippen molar-refractivity contribution in [2.75, 3.05) is 13.1 Å². The SMILES string of the molecule is c1ccc(C(c2ccccc2)C2/C(=N/Cc3ccc[nH]3)C3CCN2CC3)cc1. The normalized spacial score (nSPS) is 25.5. The smallest absolute Gasteiger partial charge is 0.0789 e. The zero-order valence-electron chi connectivity index (χ0n) is 16.2. The molecule has 0 spiro atoms. The third kappa shape index (κ3) is 3.31. The fourth-order valence-electron chi connectivity index (χ4n) is 5.03. The molecule has 1 atom stereocenters. The first-order valence-electron chi connectivity index (χ1n) is 10.4. The van der Waals surface area contributed by atoms with Gasteiger partial charge in [-0.25, -0.2) is 0 Å². The second-order valence-electron chi connectivity index (χ2n) is 7.99. The Balaban J connectivity index is 1.58. The maximum atomic E-state index is 5.21. The number of nitrogens with one attached hydrogen (secondary N) is 1. The number of rotatable bonds is 5. The van der Waals surface area contributed by atoms with Crippen molar-refractivity contribution >= 4 is 5.71 Å². The lowest BCUT2D eigenvalue weighted by molar-refractivity contribution is 0.135. The van der Waals surface area contributed by atoms with Crippen molar-refractivity contribution < 1.29 is 0 Å². The van der Waals surface area contributed by atoms with Gasteiger partial charge in [0.05, 0.1) is 12.6 Å². The Morgan fingerprint density at radius 3 is 2.07 bits per heavy atom. The van der Waals surface area contributed by atoms with Gasteiger partial charge < -0.3 is 4.98 Å². The van der Waals surface area contributed by atoms with Gasteiger partial charge in [0.15, 0.2) is 0 Å². The molecule has 0 aliphatic carbocycles. The Hall–Kier alpha value is -2.65. The molecule has 3 nitrogen and oxygen atoms in total. The van der Waals surface area contributed by atoms with E-state index < -0.39 is 0 Å². The van der Waals surface area contributed by atoms with Gasteiger partial charge in [-0.1, -0.05) is 60.7 Å². The van der Waals surface area contributed by atoms with Crippen molar-refractivity contribution in [3.63, 3.8) is 0 Å². The van der Waals surface area contributed by atoms with E-state index in [2.05, 4.69) is 82.7 Å². The monoisotopic (exact) mass is 369 g/mol. The van der Waals surface area contributed by atoms with Gasteiger partial charge in [0, 0.05) is 29.4 Å². The molecule has 3 heteroatoms. The van der Waals surface area contributed by atoms with Crippen LogP contribution in [-0.4, -0.2) is 34.7 Å². The van der Waals surface area contributed by atoms with Crippen LogP contribution in [0.4, 0.5) is 0 Å². The fourth-order valence-corrected chi connectivity index (χ4v) is 5.03. The zero-order chi connectivity index (χ0) is 18.8. The summed E-state index contributed by atoms with van der Waals surface area (Å²) in [6.07, 6.45) is 4.48. The molecule has 2 aromatic carbocycles. The van der Waals surface area contributed by atoms with Gasteiger partial charge in [0.1, 0.15) is 0 Å². The van der Waals surface area contributed by atoms with Gasteiger partial charge in [-0.15, -0.1) is 0 Å². The van der Waals surface area contributed by atoms with Crippen LogP contribution >= 0.6 is 0 Å². The number of aromatic nitrogens is 1. The minimum absolute atomic E-state index is 0.327. The molecule has 4 heterocycles. The highest BCUT2D eigenvalue weighted by molar-refractivity contribution is 5.94. The third-order valence-corrected chi connectivity index (χ3v) is 6.37. The van der Waals surface area contributed by atoms with Crippen LogP contribution in [0.2, 0.25) is 0 Å². The number of nitrogens with zero attached hydrogens (tertiary/aromatic N) is 2. The summed E-state index contributed by atoms with van der Waals surface area (Å²) in [6.45, 7) is 3.12. The van der Waals surface area contributed by atoms with Crippen LogP contribution in [0.3, 0.4) is 0 Å². The molecule has 1 N–H and O–H groups in total. The number of fused-ring (bicyclic) bond motifs is 3. The molecule has 1 unspecified atom stereocenters. The number of benzene rings is 2. The van der Waals surface area contributed by atoms with Gasteiger partial charge in [-0.3, -0.25) is 9.89 Å². The molecule has 3 fully saturated rings. The summed E-state index contributed by atoms with van der Waals surface area (Å²) in [5.41, 5.74) is 5.38. The van der Waals surface area contributed by atoms with Crippen molar-refractivity contribution in [2.24, 2.45) is 10.9 Å². The molecule has 2 bridgehead atoms. The van der Waals surface area contributed by atoms with Crippen molar-refractivity contribution in [3.8, 4) is 0 Å². The van der Waals surface area contributed by atoms with Crippen LogP contribution in [0, 0.1) is 5.92 Å². The van der Waals surface area contributed by atoms with Crippen LogP contribution < -0.4 is 0 Å². The van der Waals surface area contributed by atoms with E-state index in [9.17, 15) is 0 Å². The summed E-state index contributed by atoms with van der Waals surface area (Å²) in [4.78, 5) is 11.2. The standard InChI is InChI=1S/C25H27N3/c1-3-8-19(9-4-1)23(20-10-5-2-6-11-20)25-24(21-13-16-28(25)17-14-21)27-18-22-12-7-15-26-22/h1-12,15,21,23,25-26H,13-14,16-18H2/b27-24+. The number of piperidine rings is 3. The van der Waals surface area contributed by atoms with E-state index in [1.165, 1.54) is 48.5 Å². The van der Waals surface area contributed by atoms with Crippen molar-refractivity contribution in [1.82, 2.24) is 9.88 Å². The van der Waals surface area contributed by atoms with Crippen LogP contribution in [-0.2, 0) is 6.54 Å². The van der Waals surface area contributed by atoms with Crippen LogP contribution in [0.15, 0.2) is 84.0 Å². The largest absolute Gasteiger partial charge is 0.363 e. The van der Waals surface area contributed by atoms with Gasteiger partial charge in [0.2, 0.25) is 0 Å². The van der Waals surface area contributed by atoms with E-state index in [0.717, 1.165) is 6.54 Å². The van der Waals surface area contributed by atoms with E-state index in [4.69, 9.17) is 4.99 Å². The van der Waals surface area contributed by atoms with E-state index in [0.29, 0.717) is 17.9 Å². The van der Waals surface area contributed by atoms with E-state index >= 15 is 0 Å². The highest BCUT2D eigenvalue weighted by Crippen LogP contribution is 2.40. The molecular weight excluding hydrogens is 342 g/mol. The Labute approximate surface area is 167 Å². The second-order valence-corrected chi connectivity index (χ2v) is 7.99. The second kappa shape index (κ2) is 7.76. The number of hydrogen-bond acceptors (Lipinski definition) is 2. The Morgan fingerprint density at radius 2 is 1.50 bits per heavy atom. The van der Waals surface area contributed by atoms with Crippen LogP contribution in [0.25, 0.3) is 0 Å². The average molecular weight is 370 g/mol. The van der Waals surface area contributed by atoms with Crippen molar-refractivity contribution in [3.05, 3.63) is 95.8 Å². The summed E-state index contributed by atoms with van der Waals surface area (Å²) in [7, 11) is 0. The molecule has 142 valence electrons. The van der Waals surface area contributed by atoms with Gasteiger partial charge in [-0.05, 0) is 49.2 Å². The lowest BCUT2D eigenvalue weighted by Gasteiger charge is -2.49. The minimum Gasteiger partial charge on any atom is -0.363 e. The van der Waals surface area contributed by atoms with Crippen molar-refractivity contribution in [1.29, 1.82) is 0 Å². The molecule has 3 saturated heterocycles. The minimum atomic E-state index is 0.327. The molecule has 3 aliphatic heterocycles. The number of aromatic amines is 1. The molecule has 0 radical (unpaired) electrons. The summed E-state index contributed by atoms with van der Waals surface area (Å²) in [6, 6.07) is 26.5.